The first kappa shape index (κ1) is 17.8. The highest BCUT2D eigenvalue weighted by molar-refractivity contribution is 5.90. The van der Waals surface area contributed by atoms with E-state index in [2.05, 4.69) is 0 Å². The fourth-order valence-corrected chi connectivity index (χ4v) is 3.17. The normalized spacial score (nSPS) is 18.9. The maximum atomic E-state index is 12.6. The van der Waals surface area contributed by atoms with Crippen LogP contribution in [-0.2, 0) is 20.9 Å². The van der Waals surface area contributed by atoms with Crippen molar-refractivity contribution in [3.63, 3.8) is 0 Å². The molecule has 0 aliphatic carbocycles. The number of rotatable bonds is 6. The smallest absolute Gasteiger partial charge is 0.303 e. The maximum Gasteiger partial charge on any atom is 0.303 e. The van der Waals surface area contributed by atoms with Crippen molar-refractivity contribution in [1.29, 1.82) is 0 Å². The van der Waals surface area contributed by atoms with E-state index in [9.17, 15) is 9.59 Å². The van der Waals surface area contributed by atoms with Crippen LogP contribution in [0.15, 0.2) is 48.5 Å². The van der Waals surface area contributed by atoms with Gasteiger partial charge in [-0.25, -0.2) is 0 Å². The van der Waals surface area contributed by atoms with E-state index in [1.165, 1.54) is 6.92 Å². The van der Waals surface area contributed by atoms with Crippen LogP contribution in [0.2, 0.25) is 0 Å². The lowest BCUT2D eigenvalue weighted by Crippen LogP contribution is -2.59. The Morgan fingerprint density at radius 2 is 1.73 bits per heavy atom. The van der Waals surface area contributed by atoms with E-state index in [4.69, 9.17) is 14.2 Å². The van der Waals surface area contributed by atoms with Gasteiger partial charge in [0.25, 0.3) is 5.91 Å². The zero-order valence-electron chi connectivity index (χ0n) is 15.0. The predicted octanol–water partition coefficient (Wildman–Crippen LogP) is 2.72. The molecule has 3 rings (SSSR count). The van der Waals surface area contributed by atoms with E-state index in [-0.39, 0.29) is 11.9 Å². The summed E-state index contributed by atoms with van der Waals surface area (Å²) in [4.78, 5) is 25.6. The monoisotopic (exact) mass is 355 g/mol. The van der Waals surface area contributed by atoms with Gasteiger partial charge in [0.2, 0.25) is 6.10 Å². The third-order valence-electron chi connectivity index (χ3n) is 4.38. The van der Waals surface area contributed by atoms with Crippen LogP contribution in [-0.4, -0.2) is 37.1 Å². The highest BCUT2D eigenvalue weighted by Gasteiger charge is 2.50. The summed E-state index contributed by atoms with van der Waals surface area (Å²) < 4.78 is 15.8. The number of amides is 1. The number of hydrogen-bond donors (Lipinski definition) is 0. The number of likely N-dealkylation sites (tertiary alicyclic amines) is 1. The summed E-state index contributed by atoms with van der Waals surface area (Å²) in [6.45, 7) is 1.70. The summed E-state index contributed by atoms with van der Waals surface area (Å²) >= 11 is 0. The van der Waals surface area contributed by atoms with Gasteiger partial charge in [0.05, 0.1) is 14.2 Å². The minimum atomic E-state index is -0.782. The van der Waals surface area contributed by atoms with Crippen LogP contribution in [0, 0.1) is 0 Å². The molecule has 1 aliphatic rings. The first-order chi connectivity index (χ1) is 12.5. The summed E-state index contributed by atoms with van der Waals surface area (Å²) in [5.74, 6) is 0.563. The Balaban J connectivity index is 1.86. The van der Waals surface area contributed by atoms with Gasteiger partial charge in [-0.15, -0.1) is 0 Å². The van der Waals surface area contributed by atoms with Crippen molar-refractivity contribution >= 4 is 11.9 Å². The summed E-state index contributed by atoms with van der Waals surface area (Å²) in [6, 6.07) is 14.8. The molecule has 2 aromatic carbocycles. The number of carbonyl (C=O) groups excluding carboxylic acids is 2. The average Bonchev–Trinajstić information content (AvgIpc) is 2.66. The standard InChI is InChI=1S/C20H21NO5/c1-13(22)26-19-18(15-7-5-4-6-8-15)21(20(19)23)12-14-9-10-16(24-2)17(11-14)25-3/h4-11,18-19H,12H2,1-3H3/t18-,19+/m1/s1. The van der Waals surface area contributed by atoms with Gasteiger partial charge in [0, 0.05) is 13.5 Å². The number of hydrogen-bond acceptors (Lipinski definition) is 5. The van der Waals surface area contributed by atoms with Crippen molar-refractivity contribution in [2.45, 2.75) is 25.6 Å². The molecule has 0 spiro atoms. The van der Waals surface area contributed by atoms with Gasteiger partial charge in [-0.1, -0.05) is 36.4 Å². The zero-order chi connectivity index (χ0) is 18.7. The van der Waals surface area contributed by atoms with Crippen LogP contribution < -0.4 is 9.47 Å². The Labute approximate surface area is 152 Å². The van der Waals surface area contributed by atoms with Gasteiger partial charge in [0.15, 0.2) is 11.5 Å². The molecular formula is C20H21NO5. The molecule has 1 heterocycles. The number of carbonyl (C=O) groups is 2. The van der Waals surface area contributed by atoms with Crippen molar-refractivity contribution in [2.75, 3.05) is 14.2 Å². The van der Waals surface area contributed by atoms with Crippen LogP contribution in [0.25, 0.3) is 0 Å². The lowest BCUT2D eigenvalue weighted by Gasteiger charge is -2.46. The Bertz CT molecular complexity index is 805. The van der Waals surface area contributed by atoms with E-state index in [1.54, 1.807) is 25.2 Å². The molecule has 0 radical (unpaired) electrons. The summed E-state index contributed by atoms with van der Waals surface area (Å²) in [7, 11) is 3.14. The second-order valence-corrected chi connectivity index (χ2v) is 6.04. The first-order valence-corrected chi connectivity index (χ1v) is 8.28. The third-order valence-corrected chi connectivity index (χ3v) is 4.38. The summed E-state index contributed by atoms with van der Waals surface area (Å²) in [5.41, 5.74) is 1.83. The first-order valence-electron chi connectivity index (χ1n) is 8.28. The second kappa shape index (κ2) is 7.47. The molecule has 0 N–H and O–H groups in total. The molecule has 6 heteroatoms. The van der Waals surface area contributed by atoms with E-state index in [0.29, 0.717) is 18.0 Å². The Hall–Kier alpha value is -3.02. The molecule has 1 aliphatic heterocycles. The molecule has 0 aromatic heterocycles. The van der Waals surface area contributed by atoms with Gasteiger partial charge in [0.1, 0.15) is 6.04 Å². The minimum Gasteiger partial charge on any atom is -0.493 e. The van der Waals surface area contributed by atoms with Gasteiger partial charge in [-0.2, -0.15) is 0 Å². The molecule has 1 amide bonds. The van der Waals surface area contributed by atoms with Crippen molar-refractivity contribution in [2.24, 2.45) is 0 Å². The van der Waals surface area contributed by atoms with E-state index < -0.39 is 12.1 Å². The van der Waals surface area contributed by atoms with Crippen LogP contribution >= 0.6 is 0 Å². The van der Waals surface area contributed by atoms with Crippen molar-refractivity contribution in [3.05, 3.63) is 59.7 Å². The fraction of sp³-hybridized carbons (Fsp3) is 0.300. The van der Waals surface area contributed by atoms with Gasteiger partial charge >= 0.3 is 5.97 Å². The van der Waals surface area contributed by atoms with Gasteiger partial charge in [-0.3, -0.25) is 9.59 Å². The molecule has 6 nitrogen and oxygen atoms in total. The summed E-state index contributed by atoms with van der Waals surface area (Å²) in [5, 5.41) is 0. The van der Waals surface area contributed by atoms with Crippen molar-refractivity contribution in [3.8, 4) is 11.5 Å². The SMILES string of the molecule is COc1ccc(CN2C(=O)[C@@H](OC(C)=O)[C@H]2c2ccccc2)cc1OC. The largest absolute Gasteiger partial charge is 0.493 e. The maximum absolute atomic E-state index is 12.6. The van der Waals surface area contributed by atoms with Gasteiger partial charge < -0.3 is 19.1 Å². The molecule has 0 unspecified atom stereocenters. The van der Waals surface area contributed by atoms with Crippen molar-refractivity contribution in [1.82, 2.24) is 4.90 Å². The number of methoxy groups -OCH3 is 2. The molecule has 1 saturated heterocycles. The number of esters is 1. The quantitative estimate of drug-likeness (QED) is 0.589. The lowest BCUT2D eigenvalue weighted by molar-refractivity contribution is -0.183. The van der Waals surface area contributed by atoms with Gasteiger partial charge in [-0.05, 0) is 23.3 Å². The molecule has 0 saturated carbocycles. The lowest BCUT2D eigenvalue weighted by atomic mass is 9.90. The predicted molar refractivity (Wildman–Crippen MR) is 94.8 cm³/mol. The molecular weight excluding hydrogens is 334 g/mol. The van der Waals surface area contributed by atoms with E-state index in [0.717, 1.165) is 11.1 Å². The molecule has 1 fully saturated rings. The van der Waals surface area contributed by atoms with Crippen LogP contribution in [0.1, 0.15) is 24.1 Å². The molecule has 26 heavy (non-hydrogen) atoms. The Morgan fingerprint density at radius 3 is 2.35 bits per heavy atom. The van der Waals surface area contributed by atoms with E-state index >= 15 is 0 Å². The Kier molecular flexibility index (Phi) is 5.11. The number of benzene rings is 2. The second-order valence-electron chi connectivity index (χ2n) is 6.04. The molecule has 2 aromatic rings. The van der Waals surface area contributed by atoms with Crippen LogP contribution in [0.5, 0.6) is 11.5 Å². The van der Waals surface area contributed by atoms with Crippen LogP contribution in [0.4, 0.5) is 0 Å². The van der Waals surface area contributed by atoms with Crippen molar-refractivity contribution < 1.29 is 23.8 Å². The number of ether oxygens (including phenoxy) is 3. The summed E-state index contributed by atoms with van der Waals surface area (Å²) in [6.07, 6.45) is -0.782. The minimum absolute atomic E-state index is 0.205. The zero-order valence-corrected chi connectivity index (χ0v) is 15.0. The Morgan fingerprint density at radius 1 is 1.04 bits per heavy atom. The topological polar surface area (TPSA) is 65.1 Å². The number of nitrogens with zero attached hydrogens (tertiary/aromatic N) is 1. The van der Waals surface area contributed by atoms with Crippen LogP contribution in [0.3, 0.4) is 0 Å². The molecule has 136 valence electrons. The number of β-lactam (4-membered cyclic amide) rings is 1. The highest BCUT2D eigenvalue weighted by Crippen LogP contribution is 2.39. The fourth-order valence-electron chi connectivity index (χ4n) is 3.17. The third kappa shape index (κ3) is 3.35. The average molecular weight is 355 g/mol. The van der Waals surface area contributed by atoms with E-state index in [1.807, 2.05) is 42.5 Å². The highest BCUT2D eigenvalue weighted by atomic mass is 16.6. The molecule has 2 atom stereocenters. The molecule has 0 bridgehead atoms.